The van der Waals surface area contributed by atoms with Crippen LogP contribution < -0.4 is 0 Å². The van der Waals surface area contributed by atoms with Crippen LogP contribution in [0, 0.1) is 11.6 Å². The van der Waals surface area contributed by atoms with Crippen molar-refractivity contribution in [2.24, 2.45) is 0 Å². The lowest BCUT2D eigenvalue weighted by molar-refractivity contribution is 0.0415. The lowest BCUT2D eigenvalue weighted by Gasteiger charge is -2.23. The second-order valence-corrected chi connectivity index (χ2v) is 7.46. The maximum absolute atomic E-state index is 14.0. The molecule has 3 aromatic rings. The zero-order chi connectivity index (χ0) is 18.5. The predicted octanol–water partition coefficient (Wildman–Crippen LogP) is 3.94. The summed E-state index contributed by atoms with van der Waals surface area (Å²) >= 11 is 3.23. The van der Waals surface area contributed by atoms with Crippen LogP contribution in [0.2, 0.25) is 0 Å². The van der Waals surface area contributed by atoms with Crippen molar-refractivity contribution in [3.8, 4) is 0 Å². The number of nitrogens with one attached hydrogen (secondary N) is 1. The van der Waals surface area contributed by atoms with Crippen molar-refractivity contribution in [1.82, 2.24) is 9.88 Å². The van der Waals surface area contributed by atoms with E-state index in [-0.39, 0.29) is 24.0 Å². The van der Waals surface area contributed by atoms with E-state index >= 15 is 0 Å². The molecule has 4 rings (SSSR count). The highest BCUT2D eigenvalue weighted by molar-refractivity contribution is 9.10. The first-order valence-electron chi connectivity index (χ1n) is 8.11. The van der Waals surface area contributed by atoms with Crippen molar-refractivity contribution in [3.63, 3.8) is 0 Å². The first kappa shape index (κ1) is 17.2. The normalized spacial score (nSPS) is 20.1. The number of halogens is 3. The highest BCUT2D eigenvalue weighted by Gasteiger charge is 2.40. The fourth-order valence-corrected chi connectivity index (χ4v) is 3.84. The Kier molecular flexibility index (Phi) is 4.08. The molecule has 2 N–H and O–H groups in total. The zero-order valence-electron chi connectivity index (χ0n) is 13.6. The molecule has 1 aromatic heterocycles. The van der Waals surface area contributed by atoms with E-state index in [0.29, 0.717) is 33.9 Å². The number of carbonyl (C=O) groups is 1. The van der Waals surface area contributed by atoms with Gasteiger partial charge in [-0.3, -0.25) is 4.79 Å². The molecule has 1 aliphatic rings. The van der Waals surface area contributed by atoms with Crippen molar-refractivity contribution in [2.75, 3.05) is 13.1 Å². The van der Waals surface area contributed by atoms with E-state index in [1.54, 1.807) is 6.07 Å². The average Bonchev–Trinajstić information content (AvgIpc) is 3.20. The Morgan fingerprint density at radius 1 is 1.19 bits per heavy atom. The maximum atomic E-state index is 14.0. The number of nitrogens with zero attached hydrogens (tertiary/aromatic N) is 1. The fraction of sp³-hybridized carbons (Fsp3) is 0.211. The van der Waals surface area contributed by atoms with Crippen LogP contribution in [0.25, 0.3) is 10.9 Å². The molecule has 0 bridgehead atoms. The number of hydrogen-bond acceptors (Lipinski definition) is 2. The molecular formula is C19H15BrF2N2O2. The van der Waals surface area contributed by atoms with Gasteiger partial charge < -0.3 is 15.0 Å². The molecule has 1 saturated heterocycles. The lowest BCUT2D eigenvalue weighted by Crippen LogP contribution is -2.34. The van der Waals surface area contributed by atoms with E-state index in [4.69, 9.17) is 0 Å². The highest BCUT2D eigenvalue weighted by Crippen LogP contribution is 2.33. The lowest BCUT2D eigenvalue weighted by atomic mass is 9.93. The summed E-state index contributed by atoms with van der Waals surface area (Å²) in [5, 5.41) is 11.2. The molecule has 1 atom stereocenters. The summed E-state index contributed by atoms with van der Waals surface area (Å²) in [5.74, 6) is -1.11. The van der Waals surface area contributed by atoms with Crippen LogP contribution in [-0.2, 0) is 5.60 Å². The summed E-state index contributed by atoms with van der Waals surface area (Å²) in [6.45, 7) is 0.452. The van der Waals surface area contributed by atoms with Gasteiger partial charge in [-0.2, -0.15) is 0 Å². The van der Waals surface area contributed by atoms with E-state index in [1.165, 1.54) is 41.3 Å². The second kappa shape index (κ2) is 6.17. The molecule has 1 aliphatic heterocycles. The molecule has 7 heteroatoms. The van der Waals surface area contributed by atoms with Gasteiger partial charge in [0.05, 0.1) is 12.1 Å². The number of aromatic amines is 1. The minimum absolute atomic E-state index is 0.0962. The van der Waals surface area contributed by atoms with Crippen molar-refractivity contribution in [2.45, 2.75) is 12.0 Å². The van der Waals surface area contributed by atoms with Gasteiger partial charge in [-0.15, -0.1) is 0 Å². The third-order valence-corrected chi connectivity index (χ3v) is 5.26. The maximum Gasteiger partial charge on any atom is 0.270 e. The van der Waals surface area contributed by atoms with Gasteiger partial charge in [0.25, 0.3) is 5.91 Å². The molecule has 0 spiro atoms. The molecule has 134 valence electrons. The van der Waals surface area contributed by atoms with E-state index < -0.39 is 11.4 Å². The summed E-state index contributed by atoms with van der Waals surface area (Å²) in [4.78, 5) is 17.2. The third-order valence-electron chi connectivity index (χ3n) is 4.80. The quantitative estimate of drug-likeness (QED) is 0.659. The largest absolute Gasteiger partial charge is 0.383 e. The molecule has 4 nitrogen and oxygen atoms in total. The smallest absolute Gasteiger partial charge is 0.270 e. The molecule has 0 saturated carbocycles. The first-order valence-corrected chi connectivity index (χ1v) is 8.90. The fourth-order valence-electron chi connectivity index (χ4n) is 3.41. The Balaban J connectivity index is 1.60. The number of benzene rings is 2. The van der Waals surface area contributed by atoms with Crippen LogP contribution in [0.1, 0.15) is 22.5 Å². The number of H-pyrrole nitrogens is 1. The Hall–Kier alpha value is -2.25. The number of carbonyl (C=O) groups excluding carboxylic acids is 1. The van der Waals surface area contributed by atoms with E-state index in [0.717, 1.165) is 0 Å². The van der Waals surface area contributed by atoms with Gasteiger partial charge >= 0.3 is 0 Å². The van der Waals surface area contributed by atoms with Gasteiger partial charge in [-0.05, 0) is 42.3 Å². The highest BCUT2D eigenvalue weighted by atomic mass is 79.9. The molecule has 1 fully saturated rings. The van der Waals surface area contributed by atoms with Crippen LogP contribution in [-0.4, -0.2) is 34.0 Å². The van der Waals surface area contributed by atoms with Crippen LogP contribution >= 0.6 is 15.9 Å². The third kappa shape index (κ3) is 2.91. The van der Waals surface area contributed by atoms with Gasteiger partial charge in [-0.1, -0.05) is 28.1 Å². The Labute approximate surface area is 156 Å². The monoisotopic (exact) mass is 420 g/mol. The molecule has 26 heavy (non-hydrogen) atoms. The number of aliphatic hydroxyl groups is 1. The van der Waals surface area contributed by atoms with Crippen molar-refractivity contribution in [3.05, 3.63) is 69.8 Å². The molecule has 0 aliphatic carbocycles. The molecule has 2 aromatic carbocycles. The van der Waals surface area contributed by atoms with Crippen LogP contribution in [0.15, 0.2) is 46.9 Å². The number of aromatic nitrogens is 1. The number of fused-ring (bicyclic) bond motifs is 1. The van der Waals surface area contributed by atoms with Gasteiger partial charge in [0.1, 0.15) is 22.9 Å². The average molecular weight is 421 g/mol. The van der Waals surface area contributed by atoms with Crippen molar-refractivity contribution < 1.29 is 18.7 Å². The Bertz CT molecular complexity index is 1000. The number of β-amino-alcohol motifs (C(OH)–C–C–N with tert-alkyl or cyclic N) is 1. The summed E-state index contributed by atoms with van der Waals surface area (Å²) in [5.41, 5.74) is 0.137. The molecule has 2 heterocycles. The molecule has 1 unspecified atom stereocenters. The second-order valence-electron chi connectivity index (χ2n) is 6.55. The van der Waals surface area contributed by atoms with Gasteiger partial charge in [-0.25, -0.2) is 8.78 Å². The van der Waals surface area contributed by atoms with Crippen LogP contribution in [0.3, 0.4) is 0 Å². The standard InChI is InChI=1S/C19H15BrF2N2O2/c20-12-7-15(22)14-9-17(23-16(14)8-12)18(25)24-6-5-19(26,10-24)11-1-3-13(21)4-2-11/h1-4,7-9,23,26H,5-6,10H2. The molecule has 0 radical (unpaired) electrons. The molecule has 1 amide bonds. The number of likely N-dealkylation sites (tertiary alicyclic amines) is 1. The Morgan fingerprint density at radius 3 is 2.65 bits per heavy atom. The van der Waals surface area contributed by atoms with E-state index in [9.17, 15) is 18.7 Å². The summed E-state index contributed by atoms with van der Waals surface area (Å²) in [6, 6.07) is 10.2. The zero-order valence-corrected chi connectivity index (χ0v) is 15.2. The SMILES string of the molecule is O=C(c1cc2c(F)cc(Br)cc2[nH]1)N1CCC(O)(c2ccc(F)cc2)C1. The molecular weight excluding hydrogens is 406 g/mol. The van der Waals surface area contributed by atoms with E-state index in [1.807, 2.05) is 0 Å². The van der Waals surface area contributed by atoms with Gasteiger partial charge in [0, 0.05) is 16.4 Å². The minimum Gasteiger partial charge on any atom is -0.383 e. The van der Waals surface area contributed by atoms with Crippen molar-refractivity contribution in [1.29, 1.82) is 0 Å². The van der Waals surface area contributed by atoms with Crippen molar-refractivity contribution >= 4 is 32.7 Å². The minimum atomic E-state index is -1.22. The Morgan fingerprint density at radius 2 is 1.92 bits per heavy atom. The van der Waals surface area contributed by atoms with Gasteiger partial charge in [0.15, 0.2) is 0 Å². The summed E-state index contributed by atoms with van der Waals surface area (Å²) in [7, 11) is 0. The van der Waals surface area contributed by atoms with E-state index in [2.05, 4.69) is 20.9 Å². The number of hydrogen-bond donors (Lipinski definition) is 2. The summed E-state index contributed by atoms with van der Waals surface area (Å²) in [6.07, 6.45) is 0.352. The predicted molar refractivity (Wildman–Crippen MR) is 96.8 cm³/mol. The summed E-state index contributed by atoms with van der Waals surface area (Å²) < 4.78 is 27.7. The number of amides is 1. The van der Waals surface area contributed by atoms with Gasteiger partial charge in [0.2, 0.25) is 0 Å². The van der Waals surface area contributed by atoms with Crippen LogP contribution in [0.5, 0.6) is 0 Å². The van der Waals surface area contributed by atoms with Crippen LogP contribution in [0.4, 0.5) is 8.78 Å². The first-order chi connectivity index (χ1) is 12.4. The number of rotatable bonds is 2. The topological polar surface area (TPSA) is 56.3 Å².